The predicted molar refractivity (Wildman–Crippen MR) is 83.8 cm³/mol. The molecule has 0 saturated heterocycles. The van der Waals surface area contributed by atoms with Crippen molar-refractivity contribution < 1.29 is 15.0 Å². The zero-order chi connectivity index (χ0) is 15.7. The maximum atomic E-state index is 12.7. The predicted octanol–water partition coefficient (Wildman–Crippen LogP) is 3.21. The first kappa shape index (κ1) is 14.4. The highest BCUT2D eigenvalue weighted by Gasteiger charge is 2.26. The number of phenols is 2. The van der Waals surface area contributed by atoms with Crippen LogP contribution < -0.4 is 0 Å². The molecule has 0 spiro atoms. The summed E-state index contributed by atoms with van der Waals surface area (Å²) in [5, 5.41) is 19.9. The summed E-state index contributed by atoms with van der Waals surface area (Å²) in [6.45, 7) is 3.11. The van der Waals surface area contributed by atoms with Crippen LogP contribution in [0.3, 0.4) is 0 Å². The first-order valence-corrected chi connectivity index (χ1v) is 7.51. The summed E-state index contributed by atoms with van der Waals surface area (Å²) in [5.41, 5.74) is 3.24. The lowest BCUT2D eigenvalue weighted by Crippen LogP contribution is -2.25. The molecule has 114 valence electrons. The van der Waals surface area contributed by atoms with Crippen molar-refractivity contribution in [3.05, 3.63) is 58.7 Å². The summed E-state index contributed by atoms with van der Waals surface area (Å²) in [6.07, 6.45) is 1.54. The molecule has 0 aliphatic carbocycles. The average Bonchev–Trinajstić information content (AvgIpc) is 2.93. The second-order valence-corrected chi connectivity index (χ2v) is 5.68. The van der Waals surface area contributed by atoms with E-state index in [1.807, 2.05) is 31.2 Å². The summed E-state index contributed by atoms with van der Waals surface area (Å²) in [4.78, 5) is 14.4. The quantitative estimate of drug-likeness (QED) is 0.914. The molecule has 0 radical (unpaired) electrons. The molecule has 4 nitrogen and oxygen atoms in total. The van der Waals surface area contributed by atoms with E-state index in [0.29, 0.717) is 25.1 Å². The third-order valence-electron chi connectivity index (χ3n) is 4.07. The minimum atomic E-state index is -0.203. The van der Waals surface area contributed by atoms with Crippen molar-refractivity contribution in [2.75, 3.05) is 0 Å². The summed E-state index contributed by atoms with van der Waals surface area (Å²) < 4.78 is 0. The molecule has 0 saturated carbocycles. The van der Waals surface area contributed by atoms with E-state index < -0.39 is 0 Å². The molecule has 1 aliphatic heterocycles. The molecule has 22 heavy (non-hydrogen) atoms. The lowest BCUT2D eigenvalue weighted by atomic mass is 10.0. The lowest BCUT2D eigenvalue weighted by Gasteiger charge is -2.17. The topological polar surface area (TPSA) is 60.8 Å². The Hall–Kier alpha value is -2.49. The summed E-state index contributed by atoms with van der Waals surface area (Å²) in [5.74, 6) is -0.329. The Labute approximate surface area is 129 Å². The second kappa shape index (κ2) is 5.72. The lowest BCUT2D eigenvalue weighted by molar-refractivity contribution is 0.0748. The van der Waals surface area contributed by atoms with Crippen LogP contribution in [-0.4, -0.2) is 21.0 Å². The van der Waals surface area contributed by atoms with Crippen LogP contribution in [-0.2, 0) is 19.5 Å². The van der Waals surface area contributed by atoms with E-state index in [1.54, 1.807) is 11.0 Å². The smallest absolute Gasteiger partial charge is 0.258 e. The molecule has 0 bridgehead atoms. The summed E-state index contributed by atoms with van der Waals surface area (Å²) in [7, 11) is 0. The van der Waals surface area contributed by atoms with Gasteiger partial charge < -0.3 is 15.1 Å². The Kier molecular flexibility index (Phi) is 3.75. The van der Waals surface area contributed by atoms with Gasteiger partial charge in [0.15, 0.2) is 0 Å². The Balaban J connectivity index is 1.89. The van der Waals surface area contributed by atoms with Gasteiger partial charge in [0.2, 0.25) is 0 Å². The van der Waals surface area contributed by atoms with E-state index in [-0.39, 0.29) is 23.0 Å². The van der Waals surface area contributed by atoms with Gasteiger partial charge in [-0.05, 0) is 29.2 Å². The molecule has 4 heteroatoms. The molecule has 0 aromatic heterocycles. The largest absolute Gasteiger partial charge is 0.508 e. The van der Waals surface area contributed by atoms with E-state index in [1.165, 1.54) is 6.07 Å². The number of amides is 1. The van der Waals surface area contributed by atoms with E-state index in [4.69, 9.17) is 0 Å². The van der Waals surface area contributed by atoms with Crippen molar-refractivity contribution in [2.45, 2.75) is 32.9 Å². The average molecular weight is 297 g/mol. The summed E-state index contributed by atoms with van der Waals surface area (Å²) >= 11 is 0. The van der Waals surface area contributed by atoms with Crippen molar-refractivity contribution in [1.82, 2.24) is 4.90 Å². The molecule has 3 rings (SSSR count). The third kappa shape index (κ3) is 2.52. The van der Waals surface area contributed by atoms with Crippen molar-refractivity contribution in [3.8, 4) is 11.5 Å². The molecule has 1 aliphatic rings. The number of fused-ring (bicyclic) bond motifs is 1. The van der Waals surface area contributed by atoms with E-state index in [0.717, 1.165) is 17.5 Å². The van der Waals surface area contributed by atoms with E-state index >= 15 is 0 Å². The number of aryl methyl sites for hydroxylation is 1. The number of rotatable bonds is 3. The number of hydrogen-bond donors (Lipinski definition) is 2. The van der Waals surface area contributed by atoms with Gasteiger partial charge >= 0.3 is 0 Å². The van der Waals surface area contributed by atoms with Crippen molar-refractivity contribution in [3.63, 3.8) is 0 Å². The first-order valence-electron chi connectivity index (χ1n) is 7.51. The summed E-state index contributed by atoms with van der Waals surface area (Å²) in [6, 6.07) is 10.8. The fraction of sp³-hybridized carbons (Fsp3) is 0.278. The van der Waals surface area contributed by atoms with Gasteiger partial charge in [0.25, 0.3) is 5.91 Å². The van der Waals surface area contributed by atoms with Crippen molar-refractivity contribution in [1.29, 1.82) is 0 Å². The Morgan fingerprint density at radius 2 is 1.73 bits per heavy atom. The Morgan fingerprint density at radius 3 is 2.32 bits per heavy atom. The van der Waals surface area contributed by atoms with Crippen LogP contribution in [0.2, 0.25) is 0 Å². The second-order valence-electron chi connectivity index (χ2n) is 5.68. The molecule has 1 heterocycles. The van der Waals surface area contributed by atoms with Crippen LogP contribution in [0, 0.1) is 0 Å². The number of benzene rings is 2. The minimum Gasteiger partial charge on any atom is -0.508 e. The Morgan fingerprint density at radius 1 is 1.09 bits per heavy atom. The van der Waals surface area contributed by atoms with Crippen LogP contribution in [0.5, 0.6) is 11.5 Å². The van der Waals surface area contributed by atoms with Gasteiger partial charge in [-0.25, -0.2) is 0 Å². The van der Waals surface area contributed by atoms with Crippen LogP contribution >= 0.6 is 0 Å². The highest BCUT2D eigenvalue weighted by atomic mass is 16.3. The van der Waals surface area contributed by atoms with Gasteiger partial charge in [0.05, 0.1) is 5.56 Å². The van der Waals surface area contributed by atoms with Crippen molar-refractivity contribution in [2.24, 2.45) is 0 Å². The normalized spacial score (nSPS) is 13.2. The third-order valence-corrected chi connectivity index (χ3v) is 4.07. The standard InChI is InChI=1S/C18H19NO3/c1-2-5-12-8-15(17(21)9-16(12)20)18(22)19-10-13-6-3-4-7-14(13)11-19/h3-4,6-9,20-21H,2,5,10-11H2,1H3. The number of nitrogens with zero attached hydrogens (tertiary/aromatic N) is 1. The number of aromatic hydroxyl groups is 2. The molecule has 0 fully saturated rings. The van der Waals surface area contributed by atoms with Crippen molar-refractivity contribution >= 4 is 5.91 Å². The molecule has 0 unspecified atom stereocenters. The Bertz CT molecular complexity index is 699. The maximum absolute atomic E-state index is 12.7. The van der Waals surface area contributed by atoms with Gasteiger partial charge in [-0.2, -0.15) is 0 Å². The molecule has 0 atom stereocenters. The number of carbonyl (C=O) groups is 1. The van der Waals surface area contributed by atoms with Gasteiger partial charge in [-0.15, -0.1) is 0 Å². The van der Waals surface area contributed by atoms with Gasteiger partial charge in [-0.3, -0.25) is 4.79 Å². The van der Waals surface area contributed by atoms with Crippen LogP contribution in [0.1, 0.15) is 40.4 Å². The highest BCUT2D eigenvalue weighted by Crippen LogP contribution is 2.31. The van der Waals surface area contributed by atoms with Crippen LogP contribution in [0.25, 0.3) is 0 Å². The maximum Gasteiger partial charge on any atom is 0.258 e. The minimum absolute atomic E-state index is 0.0422. The molecule has 1 amide bonds. The highest BCUT2D eigenvalue weighted by molar-refractivity contribution is 5.97. The number of hydrogen-bond acceptors (Lipinski definition) is 3. The van der Waals surface area contributed by atoms with Crippen LogP contribution in [0.4, 0.5) is 0 Å². The van der Waals surface area contributed by atoms with Gasteiger partial charge in [0.1, 0.15) is 11.5 Å². The van der Waals surface area contributed by atoms with Crippen LogP contribution in [0.15, 0.2) is 36.4 Å². The number of carbonyl (C=O) groups excluding carboxylic acids is 1. The zero-order valence-electron chi connectivity index (χ0n) is 12.5. The molecular weight excluding hydrogens is 278 g/mol. The monoisotopic (exact) mass is 297 g/mol. The molecule has 2 aromatic rings. The molecule has 2 N–H and O–H groups in total. The van der Waals surface area contributed by atoms with Gasteiger partial charge in [-0.1, -0.05) is 37.6 Å². The van der Waals surface area contributed by atoms with Gasteiger partial charge in [0, 0.05) is 19.2 Å². The fourth-order valence-electron chi connectivity index (χ4n) is 2.91. The zero-order valence-corrected chi connectivity index (χ0v) is 12.5. The SMILES string of the molecule is CCCc1cc(C(=O)N2Cc3ccccc3C2)c(O)cc1O. The van der Waals surface area contributed by atoms with E-state index in [9.17, 15) is 15.0 Å². The molecule has 2 aromatic carbocycles. The fourth-order valence-corrected chi connectivity index (χ4v) is 2.91. The number of phenolic OH excluding ortho intramolecular Hbond substituents is 2. The van der Waals surface area contributed by atoms with E-state index in [2.05, 4.69) is 0 Å². The first-order chi connectivity index (χ1) is 10.6. The molecular formula is C18H19NO3.